The summed E-state index contributed by atoms with van der Waals surface area (Å²) in [5.41, 5.74) is 0.505. The van der Waals surface area contributed by atoms with Crippen molar-refractivity contribution in [1.29, 1.82) is 0 Å². The van der Waals surface area contributed by atoms with Crippen LogP contribution in [0.5, 0.6) is 0 Å². The molecular weight excluding hydrogens is 381 g/mol. The SMILES string of the molecule is CN=C(NCCNC(=O)c1cccnc1)NC(C)(C)C.I. The number of halogens is 1. The smallest absolute Gasteiger partial charge is 0.252 e. The molecule has 0 aliphatic heterocycles. The summed E-state index contributed by atoms with van der Waals surface area (Å²) in [5.74, 6) is 0.590. The minimum absolute atomic E-state index is 0. The highest BCUT2D eigenvalue weighted by atomic mass is 127. The zero-order valence-electron chi connectivity index (χ0n) is 12.9. The summed E-state index contributed by atoms with van der Waals surface area (Å²) in [6.45, 7) is 7.29. The molecule has 0 saturated carbocycles. The average Bonchev–Trinajstić information content (AvgIpc) is 2.41. The molecule has 0 atom stereocenters. The fraction of sp³-hybridized carbons (Fsp3) is 0.500. The molecule has 6 nitrogen and oxygen atoms in total. The van der Waals surface area contributed by atoms with Gasteiger partial charge in [0.05, 0.1) is 5.56 Å². The number of carbonyl (C=O) groups excluding carboxylic acids is 1. The average molecular weight is 405 g/mol. The summed E-state index contributed by atoms with van der Waals surface area (Å²) in [7, 11) is 1.72. The Bertz CT molecular complexity index is 456. The molecule has 118 valence electrons. The first-order valence-corrected chi connectivity index (χ1v) is 6.59. The standard InChI is InChI=1S/C14H23N5O.HI/c1-14(2,3)19-13(15-4)18-9-8-17-12(20)11-6-5-7-16-10-11;/h5-7,10H,8-9H2,1-4H3,(H,17,20)(H2,15,18,19);1H. The first kappa shape index (κ1) is 19.6. The molecule has 0 bridgehead atoms. The van der Waals surface area contributed by atoms with Gasteiger partial charge in [0.1, 0.15) is 0 Å². The van der Waals surface area contributed by atoms with Crippen molar-refractivity contribution in [3.63, 3.8) is 0 Å². The first-order valence-electron chi connectivity index (χ1n) is 6.59. The van der Waals surface area contributed by atoms with E-state index in [4.69, 9.17) is 0 Å². The van der Waals surface area contributed by atoms with Crippen molar-refractivity contribution in [2.24, 2.45) is 4.99 Å². The molecule has 1 aromatic heterocycles. The molecule has 0 saturated heterocycles. The predicted octanol–water partition coefficient (Wildman–Crippen LogP) is 1.39. The highest BCUT2D eigenvalue weighted by Gasteiger charge is 2.11. The number of aliphatic imine (C=N–C) groups is 1. The second-order valence-corrected chi connectivity index (χ2v) is 5.37. The second kappa shape index (κ2) is 9.54. The van der Waals surface area contributed by atoms with Crippen molar-refractivity contribution in [3.05, 3.63) is 30.1 Å². The summed E-state index contributed by atoms with van der Waals surface area (Å²) < 4.78 is 0. The maximum atomic E-state index is 11.8. The van der Waals surface area contributed by atoms with Crippen molar-refractivity contribution >= 4 is 35.8 Å². The molecule has 0 spiro atoms. The molecule has 0 radical (unpaired) electrons. The lowest BCUT2D eigenvalue weighted by Gasteiger charge is -2.23. The summed E-state index contributed by atoms with van der Waals surface area (Å²) >= 11 is 0. The van der Waals surface area contributed by atoms with Gasteiger partial charge in [-0.25, -0.2) is 0 Å². The maximum Gasteiger partial charge on any atom is 0.252 e. The summed E-state index contributed by atoms with van der Waals surface area (Å²) in [6, 6.07) is 3.47. The van der Waals surface area contributed by atoms with Gasteiger partial charge in [-0.15, -0.1) is 24.0 Å². The van der Waals surface area contributed by atoms with E-state index in [2.05, 4.69) is 46.7 Å². The van der Waals surface area contributed by atoms with Crippen LogP contribution in [0.25, 0.3) is 0 Å². The minimum atomic E-state index is -0.126. The molecule has 21 heavy (non-hydrogen) atoms. The Kier molecular flexibility index (Phi) is 8.91. The second-order valence-electron chi connectivity index (χ2n) is 5.37. The Hall–Kier alpha value is -1.38. The van der Waals surface area contributed by atoms with Crippen molar-refractivity contribution in [2.45, 2.75) is 26.3 Å². The number of hydrogen-bond acceptors (Lipinski definition) is 3. The van der Waals surface area contributed by atoms with E-state index in [0.29, 0.717) is 24.6 Å². The van der Waals surface area contributed by atoms with Crippen molar-refractivity contribution in [2.75, 3.05) is 20.1 Å². The largest absolute Gasteiger partial charge is 0.355 e. The van der Waals surface area contributed by atoms with E-state index in [1.165, 1.54) is 0 Å². The number of nitrogens with zero attached hydrogens (tertiary/aromatic N) is 2. The van der Waals surface area contributed by atoms with Gasteiger partial charge in [0.25, 0.3) is 5.91 Å². The van der Waals surface area contributed by atoms with Gasteiger partial charge in [0.15, 0.2) is 5.96 Å². The van der Waals surface area contributed by atoms with Crippen molar-refractivity contribution < 1.29 is 4.79 Å². The Balaban J connectivity index is 0.00000400. The van der Waals surface area contributed by atoms with E-state index in [9.17, 15) is 4.79 Å². The van der Waals surface area contributed by atoms with E-state index in [1.807, 2.05) is 0 Å². The van der Waals surface area contributed by atoms with Crippen LogP contribution in [-0.2, 0) is 0 Å². The third-order valence-electron chi connectivity index (χ3n) is 2.34. The molecule has 0 aliphatic carbocycles. The van der Waals surface area contributed by atoms with Gasteiger partial charge in [-0.2, -0.15) is 0 Å². The number of carbonyl (C=O) groups is 1. The molecular formula is C14H24IN5O. The third kappa shape index (κ3) is 8.49. The Morgan fingerprint density at radius 1 is 1.29 bits per heavy atom. The molecule has 0 fully saturated rings. The lowest BCUT2D eigenvalue weighted by molar-refractivity contribution is 0.0954. The molecule has 0 aromatic carbocycles. The molecule has 1 heterocycles. The lowest BCUT2D eigenvalue weighted by Crippen LogP contribution is -2.49. The first-order chi connectivity index (χ1) is 9.42. The van der Waals surface area contributed by atoms with Crippen LogP contribution >= 0.6 is 24.0 Å². The van der Waals surface area contributed by atoms with Crippen LogP contribution in [0.3, 0.4) is 0 Å². The number of amides is 1. The third-order valence-corrected chi connectivity index (χ3v) is 2.34. The molecule has 7 heteroatoms. The molecule has 3 N–H and O–H groups in total. The highest BCUT2D eigenvalue weighted by Crippen LogP contribution is 1.97. The Morgan fingerprint density at radius 3 is 2.48 bits per heavy atom. The van der Waals surface area contributed by atoms with E-state index in [-0.39, 0.29) is 35.4 Å². The quantitative estimate of drug-likeness (QED) is 0.306. The number of pyridine rings is 1. The van der Waals surface area contributed by atoms with Gasteiger partial charge in [-0.1, -0.05) is 0 Å². The van der Waals surface area contributed by atoms with Crippen LogP contribution < -0.4 is 16.0 Å². The van der Waals surface area contributed by atoms with E-state index >= 15 is 0 Å². The van der Waals surface area contributed by atoms with Crippen LogP contribution in [0, 0.1) is 0 Å². The van der Waals surface area contributed by atoms with Gasteiger partial charge < -0.3 is 16.0 Å². The number of aromatic nitrogens is 1. The summed E-state index contributed by atoms with van der Waals surface area (Å²) in [4.78, 5) is 19.8. The highest BCUT2D eigenvalue weighted by molar-refractivity contribution is 14.0. The molecule has 1 rings (SSSR count). The molecule has 0 unspecified atom stereocenters. The minimum Gasteiger partial charge on any atom is -0.355 e. The van der Waals surface area contributed by atoms with Gasteiger partial charge in [-0.3, -0.25) is 14.8 Å². The summed E-state index contributed by atoms with van der Waals surface area (Å²) in [5, 5.41) is 9.20. The monoisotopic (exact) mass is 405 g/mol. The van der Waals surface area contributed by atoms with Crippen LogP contribution in [0.2, 0.25) is 0 Å². The number of nitrogens with one attached hydrogen (secondary N) is 3. The van der Waals surface area contributed by atoms with Crippen LogP contribution in [0.4, 0.5) is 0 Å². The van der Waals surface area contributed by atoms with Crippen molar-refractivity contribution in [3.8, 4) is 0 Å². The zero-order chi connectivity index (χ0) is 15.0. The van der Waals surface area contributed by atoms with Crippen LogP contribution in [0.15, 0.2) is 29.5 Å². The Labute approximate surface area is 143 Å². The lowest BCUT2D eigenvalue weighted by atomic mass is 10.1. The van der Waals surface area contributed by atoms with E-state index < -0.39 is 0 Å². The van der Waals surface area contributed by atoms with E-state index in [0.717, 1.165) is 0 Å². The number of rotatable bonds is 4. The van der Waals surface area contributed by atoms with Gasteiger partial charge in [0.2, 0.25) is 0 Å². The predicted molar refractivity (Wildman–Crippen MR) is 96.2 cm³/mol. The van der Waals surface area contributed by atoms with Gasteiger partial charge >= 0.3 is 0 Å². The molecule has 1 amide bonds. The van der Waals surface area contributed by atoms with Gasteiger partial charge in [0, 0.05) is 38.1 Å². The fourth-order valence-corrected chi connectivity index (χ4v) is 1.49. The molecule has 1 aromatic rings. The maximum absolute atomic E-state index is 11.8. The van der Waals surface area contributed by atoms with Gasteiger partial charge in [-0.05, 0) is 32.9 Å². The fourth-order valence-electron chi connectivity index (χ4n) is 1.49. The topological polar surface area (TPSA) is 78.4 Å². The Morgan fingerprint density at radius 2 is 1.95 bits per heavy atom. The van der Waals surface area contributed by atoms with Crippen LogP contribution in [0.1, 0.15) is 31.1 Å². The number of guanidine groups is 1. The normalized spacial score (nSPS) is 11.3. The number of hydrogen-bond donors (Lipinski definition) is 3. The molecule has 0 aliphatic rings. The zero-order valence-corrected chi connectivity index (χ0v) is 15.3. The van der Waals surface area contributed by atoms with Crippen molar-refractivity contribution in [1.82, 2.24) is 20.9 Å². The van der Waals surface area contributed by atoms with Crippen LogP contribution in [-0.4, -0.2) is 42.5 Å². The summed E-state index contributed by atoms with van der Waals surface area (Å²) in [6.07, 6.45) is 3.18. The van der Waals surface area contributed by atoms with E-state index in [1.54, 1.807) is 31.6 Å².